The molecule has 1 aromatic carbocycles. The molecule has 1 atom stereocenters. The van der Waals surface area contributed by atoms with Crippen LogP contribution < -0.4 is 15.6 Å². The molecule has 190 valence electrons. The Kier molecular flexibility index (Phi) is 7.93. The number of hydrogen-bond acceptors (Lipinski definition) is 7. The van der Waals surface area contributed by atoms with Gasteiger partial charge in [0.25, 0.3) is 5.92 Å². The average molecular weight is 499 g/mol. The van der Waals surface area contributed by atoms with E-state index >= 15 is 0 Å². The lowest BCUT2D eigenvalue weighted by Gasteiger charge is -2.32. The first kappa shape index (κ1) is 26.6. The molecular formula is C26H28F2N4O4. The summed E-state index contributed by atoms with van der Waals surface area (Å²) in [6, 6.07) is 9.16. The van der Waals surface area contributed by atoms with Gasteiger partial charge in [0.1, 0.15) is 11.8 Å². The number of rotatable bonds is 5. The van der Waals surface area contributed by atoms with Crippen LogP contribution in [0.3, 0.4) is 0 Å². The SMILES string of the molecule is CC.Cc1cc2c(=O)c(C#N)c(N3CCC(F)(F)CC3)oc2c(C(C)Nc2ccccc2C(=O)O)n1. The molecule has 1 fully saturated rings. The fourth-order valence-electron chi connectivity index (χ4n) is 4.09. The second-order valence-electron chi connectivity index (χ2n) is 8.31. The number of para-hydroxylation sites is 1. The maximum absolute atomic E-state index is 13.7. The first-order valence-electron chi connectivity index (χ1n) is 11.7. The van der Waals surface area contributed by atoms with E-state index < -0.39 is 36.2 Å². The minimum Gasteiger partial charge on any atom is -0.478 e. The summed E-state index contributed by atoms with van der Waals surface area (Å²) in [4.78, 5) is 30.8. The number of aromatic carboxylic acids is 1. The summed E-state index contributed by atoms with van der Waals surface area (Å²) in [5, 5.41) is 22.4. The molecule has 1 aliphatic rings. The number of halogens is 2. The molecule has 0 amide bonds. The number of anilines is 2. The van der Waals surface area contributed by atoms with E-state index in [4.69, 9.17) is 4.42 Å². The fraction of sp³-hybridized carbons (Fsp3) is 0.385. The number of benzene rings is 1. The number of alkyl halides is 2. The molecular weight excluding hydrogens is 470 g/mol. The van der Waals surface area contributed by atoms with Gasteiger partial charge in [-0.2, -0.15) is 5.26 Å². The molecule has 1 saturated heterocycles. The minimum atomic E-state index is -2.81. The second-order valence-corrected chi connectivity index (χ2v) is 8.31. The third kappa shape index (κ3) is 5.30. The van der Waals surface area contributed by atoms with Crippen LogP contribution in [0.4, 0.5) is 20.4 Å². The Morgan fingerprint density at radius 3 is 2.53 bits per heavy atom. The number of nitriles is 1. The van der Waals surface area contributed by atoms with Crippen molar-refractivity contribution < 1.29 is 23.1 Å². The largest absolute Gasteiger partial charge is 0.478 e. The van der Waals surface area contributed by atoms with Gasteiger partial charge in [0.05, 0.1) is 17.0 Å². The fourth-order valence-corrected chi connectivity index (χ4v) is 4.09. The molecule has 0 radical (unpaired) electrons. The number of carboxylic acid groups (broad SMARTS) is 1. The van der Waals surface area contributed by atoms with Crippen molar-refractivity contribution in [3.8, 4) is 6.07 Å². The third-order valence-corrected chi connectivity index (χ3v) is 5.85. The molecule has 36 heavy (non-hydrogen) atoms. The van der Waals surface area contributed by atoms with Crippen LogP contribution in [-0.2, 0) is 0 Å². The lowest BCUT2D eigenvalue weighted by Crippen LogP contribution is -2.40. The van der Waals surface area contributed by atoms with E-state index in [2.05, 4.69) is 10.3 Å². The van der Waals surface area contributed by atoms with Crippen LogP contribution in [0.1, 0.15) is 67.0 Å². The standard InChI is InChI=1S/C24H22F2N4O4.C2H6/c1-13-11-16-20(31)17(12-27)22(30-9-7-24(25,26)8-10-30)34-21(16)19(28-13)14(2)29-18-6-4-3-5-15(18)23(32)33;1-2/h3-6,11,14,29H,7-10H2,1-2H3,(H,32,33);1-2H3. The van der Waals surface area contributed by atoms with Crippen molar-refractivity contribution in [2.45, 2.75) is 52.5 Å². The van der Waals surface area contributed by atoms with E-state index in [1.165, 1.54) is 17.0 Å². The van der Waals surface area contributed by atoms with Gasteiger partial charge < -0.3 is 19.7 Å². The van der Waals surface area contributed by atoms with Gasteiger partial charge in [-0.1, -0.05) is 26.0 Å². The average Bonchev–Trinajstić information content (AvgIpc) is 2.85. The summed E-state index contributed by atoms with van der Waals surface area (Å²) in [5.74, 6) is -3.97. The number of fused-ring (bicyclic) bond motifs is 1. The van der Waals surface area contributed by atoms with Crippen LogP contribution in [0.15, 0.2) is 39.5 Å². The van der Waals surface area contributed by atoms with E-state index in [0.29, 0.717) is 17.1 Å². The number of pyridine rings is 1. The molecule has 3 aromatic rings. The normalized spacial score (nSPS) is 15.4. The van der Waals surface area contributed by atoms with Crippen molar-refractivity contribution in [3.63, 3.8) is 0 Å². The molecule has 8 nitrogen and oxygen atoms in total. The highest BCUT2D eigenvalue weighted by atomic mass is 19.3. The van der Waals surface area contributed by atoms with E-state index in [1.54, 1.807) is 32.0 Å². The van der Waals surface area contributed by atoms with Gasteiger partial charge in [-0.15, -0.1) is 0 Å². The monoisotopic (exact) mass is 498 g/mol. The highest BCUT2D eigenvalue weighted by Gasteiger charge is 2.36. The first-order chi connectivity index (χ1) is 17.1. The summed E-state index contributed by atoms with van der Waals surface area (Å²) in [6.45, 7) is 7.29. The van der Waals surface area contributed by atoms with Crippen LogP contribution in [0, 0.1) is 18.3 Å². The van der Waals surface area contributed by atoms with Gasteiger partial charge in [0.2, 0.25) is 11.3 Å². The van der Waals surface area contributed by atoms with Crippen LogP contribution in [0.25, 0.3) is 11.0 Å². The number of aromatic nitrogens is 1. The minimum absolute atomic E-state index is 0.0551. The highest BCUT2D eigenvalue weighted by Crippen LogP contribution is 2.34. The van der Waals surface area contributed by atoms with Gasteiger partial charge >= 0.3 is 5.97 Å². The lowest BCUT2D eigenvalue weighted by molar-refractivity contribution is -0.0225. The van der Waals surface area contributed by atoms with Crippen molar-refractivity contribution in [2.24, 2.45) is 0 Å². The highest BCUT2D eigenvalue weighted by molar-refractivity contribution is 5.94. The van der Waals surface area contributed by atoms with Crippen LogP contribution in [0.2, 0.25) is 0 Å². The number of carbonyl (C=O) groups is 1. The van der Waals surface area contributed by atoms with Crippen molar-refractivity contribution >= 4 is 28.5 Å². The molecule has 1 aliphatic heterocycles. The Balaban J connectivity index is 0.00000176. The first-order valence-corrected chi connectivity index (χ1v) is 11.7. The molecule has 2 aromatic heterocycles. The molecule has 4 rings (SSSR count). The molecule has 2 N–H and O–H groups in total. The maximum atomic E-state index is 13.7. The third-order valence-electron chi connectivity index (χ3n) is 5.85. The van der Waals surface area contributed by atoms with Crippen molar-refractivity contribution in [1.29, 1.82) is 5.26 Å². The van der Waals surface area contributed by atoms with Gasteiger partial charge in [-0.05, 0) is 32.0 Å². The summed E-state index contributed by atoms with van der Waals surface area (Å²) in [6.07, 6.45) is -0.828. The van der Waals surface area contributed by atoms with Gasteiger partial charge in [-0.3, -0.25) is 9.78 Å². The summed E-state index contributed by atoms with van der Waals surface area (Å²) < 4.78 is 33.4. The zero-order valence-corrected chi connectivity index (χ0v) is 20.6. The van der Waals surface area contributed by atoms with Gasteiger partial charge in [0.15, 0.2) is 11.1 Å². The van der Waals surface area contributed by atoms with Crippen molar-refractivity contribution in [1.82, 2.24) is 4.98 Å². The molecule has 1 unspecified atom stereocenters. The number of nitrogens with one attached hydrogen (secondary N) is 1. The predicted octanol–water partition coefficient (Wildman–Crippen LogP) is 5.50. The molecule has 0 bridgehead atoms. The molecule has 0 saturated carbocycles. The number of carboxylic acids is 1. The Bertz CT molecular complexity index is 1370. The predicted molar refractivity (Wildman–Crippen MR) is 133 cm³/mol. The smallest absolute Gasteiger partial charge is 0.337 e. The topological polar surface area (TPSA) is 119 Å². The quantitative estimate of drug-likeness (QED) is 0.473. The summed E-state index contributed by atoms with van der Waals surface area (Å²) >= 11 is 0. The number of piperidine rings is 1. The van der Waals surface area contributed by atoms with Crippen LogP contribution >= 0.6 is 0 Å². The second kappa shape index (κ2) is 10.7. The zero-order valence-electron chi connectivity index (χ0n) is 20.6. The Morgan fingerprint density at radius 2 is 1.92 bits per heavy atom. The zero-order chi connectivity index (χ0) is 26.6. The number of nitrogens with zero attached hydrogens (tertiary/aromatic N) is 3. The summed E-state index contributed by atoms with van der Waals surface area (Å²) in [7, 11) is 0. The van der Waals surface area contributed by atoms with E-state index in [-0.39, 0.29) is 41.1 Å². The van der Waals surface area contributed by atoms with E-state index in [9.17, 15) is 28.7 Å². The van der Waals surface area contributed by atoms with E-state index in [1.807, 2.05) is 19.9 Å². The Labute approximate surface area is 207 Å². The molecule has 0 aliphatic carbocycles. The summed E-state index contributed by atoms with van der Waals surface area (Å²) in [5.41, 5.74) is 0.564. The maximum Gasteiger partial charge on any atom is 0.337 e. The Morgan fingerprint density at radius 1 is 1.28 bits per heavy atom. The van der Waals surface area contributed by atoms with Gasteiger partial charge in [-0.25, -0.2) is 13.6 Å². The van der Waals surface area contributed by atoms with Crippen molar-refractivity contribution in [3.05, 3.63) is 63.1 Å². The molecule has 10 heteroatoms. The molecule has 3 heterocycles. The number of hydrogen-bond donors (Lipinski definition) is 2. The van der Waals surface area contributed by atoms with E-state index in [0.717, 1.165) is 0 Å². The molecule has 0 spiro atoms. The van der Waals surface area contributed by atoms with Gasteiger partial charge in [0, 0.05) is 37.3 Å². The van der Waals surface area contributed by atoms with Crippen LogP contribution in [0.5, 0.6) is 0 Å². The Hall–Kier alpha value is -4.00. The van der Waals surface area contributed by atoms with Crippen molar-refractivity contribution in [2.75, 3.05) is 23.3 Å². The van der Waals surface area contributed by atoms with Crippen LogP contribution in [-0.4, -0.2) is 35.1 Å². The number of aryl methyl sites for hydroxylation is 1. The lowest BCUT2D eigenvalue weighted by atomic mass is 10.0.